The van der Waals surface area contributed by atoms with Crippen molar-refractivity contribution in [2.75, 3.05) is 13.2 Å². The molecule has 5 nitrogen and oxygen atoms in total. The molecule has 0 aromatic rings. The van der Waals surface area contributed by atoms with Crippen LogP contribution in [0.4, 0.5) is 0 Å². The first-order valence-corrected chi connectivity index (χ1v) is 22.2. The molecule has 0 aliphatic rings. The molecule has 5 heteroatoms. The molecule has 0 aliphatic heterocycles. The van der Waals surface area contributed by atoms with Crippen molar-refractivity contribution in [3.63, 3.8) is 0 Å². The number of ether oxygens (including phenoxy) is 2. The van der Waals surface area contributed by atoms with Gasteiger partial charge in [0, 0.05) is 12.8 Å². The van der Waals surface area contributed by atoms with Crippen LogP contribution in [0.5, 0.6) is 0 Å². The number of aliphatic hydroxyl groups is 1. The predicted molar refractivity (Wildman–Crippen MR) is 215 cm³/mol. The highest BCUT2D eigenvalue weighted by molar-refractivity contribution is 5.70. The summed E-state index contributed by atoms with van der Waals surface area (Å²) < 4.78 is 10.6. The molecule has 50 heavy (non-hydrogen) atoms. The summed E-state index contributed by atoms with van der Waals surface area (Å²) in [5.74, 6) is -0.578. The van der Waals surface area contributed by atoms with Gasteiger partial charge in [-0.1, -0.05) is 206 Å². The summed E-state index contributed by atoms with van der Waals surface area (Å²) in [5, 5.41) is 9.57. The van der Waals surface area contributed by atoms with Crippen molar-refractivity contribution in [1.29, 1.82) is 0 Å². The van der Waals surface area contributed by atoms with Crippen molar-refractivity contribution in [1.82, 2.24) is 0 Å². The Hall–Kier alpha value is -1.36. The topological polar surface area (TPSA) is 72.8 Å². The maximum Gasteiger partial charge on any atom is 0.306 e. The van der Waals surface area contributed by atoms with Crippen LogP contribution in [0, 0.1) is 0 Å². The second kappa shape index (κ2) is 42.1. The van der Waals surface area contributed by atoms with Crippen LogP contribution >= 0.6 is 0 Å². The number of unbranched alkanes of at least 4 members (excludes halogenated alkanes) is 31. The number of aliphatic hydroxyl groups excluding tert-OH is 1. The van der Waals surface area contributed by atoms with Gasteiger partial charge >= 0.3 is 11.9 Å². The molecule has 0 spiro atoms. The summed E-state index contributed by atoms with van der Waals surface area (Å²) in [6.45, 7) is 4.16. The Morgan fingerprint density at radius 3 is 1.08 bits per heavy atom. The van der Waals surface area contributed by atoms with Gasteiger partial charge in [0.05, 0.1) is 6.61 Å². The Bertz CT molecular complexity index is 720. The molecule has 1 unspecified atom stereocenters. The molecular formula is C45H86O5. The first-order valence-electron chi connectivity index (χ1n) is 22.2. The lowest BCUT2D eigenvalue weighted by Gasteiger charge is -2.15. The molecule has 0 aromatic carbocycles. The van der Waals surface area contributed by atoms with Gasteiger partial charge in [-0.15, -0.1) is 0 Å². The maximum atomic E-state index is 12.2. The highest BCUT2D eigenvalue weighted by atomic mass is 16.6. The Morgan fingerprint density at radius 2 is 0.740 bits per heavy atom. The monoisotopic (exact) mass is 707 g/mol. The Balaban J connectivity index is 3.46. The summed E-state index contributed by atoms with van der Waals surface area (Å²) in [6, 6.07) is 0. The molecule has 0 aliphatic carbocycles. The van der Waals surface area contributed by atoms with E-state index in [2.05, 4.69) is 26.0 Å². The lowest BCUT2D eigenvalue weighted by atomic mass is 10.0. The third-order valence-electron chi connectivity index (χ3n) is 10.1. The summed E-state index contributed by atoms with van der Waals surface area (Å²) in [4.78, 5) is 24.3. The van der Waals surface area contributed by atoms with Crippen molar-refractivity contribution in [3.8, 4) is 0 Å². The van der Waals surface area contributed by atoms with Crippen LogP contribution in [0.15, 0.2) is 12.2 Å². The number of carbonyl (C=O) groups is 2. The molecule has 0 aromatic heterocycles. The van der Waals surface area contributed by atoms with Gasteiger partial charge in [0.25, 0.3) is 0 Å². The number of esters is 2. The molecule has 0 bridgehead atoms. The van der Waals surface area contributed by atoms with E-state index in [1.54, 1.807) is 0 Å². The van der Waals surface area contributed by atoms with E-state index in [0.717, 1.165) is 32.1 Å². The van der Waals surface area contributed by atoms with E-state index in [4.69, 9.17) is 9.47 Å². The highest BCUT2D eigenvalue weighted by Crippen LogP contribution is 2.15. The highest BCUT2D eigenvalue weighted by Gasteiger charge is 2.16. The van der Waals surface area contributed by atoms with Crippen LogP contribution in [-0.4, -0.2) is 36.4 Å². The van der Waals surface area contributed by atoms with E-state index in [0.29, 0.717) is 12.8 Å². The van der Waals surface area contributed by atoms with Gasteiger partial charge in [-0.25, -0.2) is 0 Å². The second-order valence-corrected chi connectivity index (χ2v) is 15.1. The number of hydrogen-bond acceptors (Lipinski definition) is 5. The van der Waals surface area contributed by atoms with Crippen molar-refractivity contribution in [3.05, 3.63) is 12.2 Å². The molecule has 0 saturated carbocycles. The lowest BCUT2D eigenvalue weighted by Crippen LogP contribution is -2.28. The average molecular weight is 707 g/mol. The number of rotatable bonds is 41. The molecule has 1 atom stereocenters. The largest absolute Gasteiger partial charge is 0.462 e. The summed E-state index contributed by atoms with van der Waals surface area (Å²) in [5.41, 5.74) is 0. The molecule has 296 valence electrons. The third-order valence-corrected chi connectivity index (χ3v) is 10.1. The summed E-state index contributed by atoms with van der Waals surface area (Å²) >= 11 is 0. The van der Waals surface area contributed by atoms with E-state index in [-0.39, 0.29) is 25.2 Å². The van der Waals surface area contributed by atoms with Gasteiger partial charge in [0.1, 0.15) is 6.61 Å². The second-order valence-electron chi connectivity index (χ2n) is 15.1. The molecule has 0 amide bonds. The zero-order valence-electron chi connectivity index (χ0n) is 33.7. The zero-order chi connectivity index (χ0) is 36.4. The minimum Gasteiger partial charge on any atom is -0.462 e. The van der Waals surface area contributed by atoms with Crippen LogP contribution in [0.1, 0.15) is 245 Å². The standard InChI is InChI=1S/C45H86O5/c1-3-5-7-9-11-13-15-17-18-19-20-21-22-23-24-25-26-28-30-32-34-36-38-40-45(48)50-43(41-46)42-49-44(47)39-37-35-33-31-29-27-16-14-12-10-8-6-4-2/h19-20,43,46H,3-18,21-42H2,1-2H3/b20-19-. The fourth-order valence-corrected chi connectivity index (χ4v) is 6.67. The van der Waals surface area contributed by atoms with Crippen molar-refractivity contribution in [2.45, 2.75) is 251 Å². The predicted octanol–water partition coefficient (Wildman–Crippen LogP) is 14.1. The van der Waals surface area contributed by atoms with Crippen LogP contribution in [-0.2, 0) is 19.1 Å². The summed E-state index contributed by atoms with van der Waals surface area (Å²) in [6.07, 6.45) is 48.6. The van der Waals surface area contributed by atoms with Gasteiger partial charge in [-0.2, -0.15) is 0 Å². The van der Waals surface area contributed by atoms with Crippen molar-refractivity contribution < 1.29 is 24.2 Å². The normalized spacial score (nSPS) is 12.1. The van der Waals surface area contributed by atoms with Gasteiger partial charge in [-0.05, 0) is 38.5 Å². The van der Waals surface area contributed by atoms with E-state index in [9.17, 15) is 14.7 Å². The van der Waals surface area contributed by atoms with Crippen LogP contribution in [0.3, 0.4) is 0 Å². The number of hydrogen-bond donors (Lipinski definition) is 1. The first kappa shape index (κ1) is 48.6. The molecule has 0 heterocycles. The molecule has 0 rings (SSSR count). The molecular weight excluding hydrogens is 620 g/mol. The lowest BCUT2D eigenvalue weighted by molar-refractivity contribution is -0.161. The van der Waals surface area contributed by atoms with Gasteiger partial charge in [0.15, 0.2) is 6.10 Å². The van der Waals surface area contributed by atoms with Crippen LogP contribution in [0.25, 0.3) is 0 Å². The minimum atomic E-state index is -0.765. The summed E-state index contributed by atoms with van der Waals surface area (Å²) in [7, 11) is 0. The third kappa shape index (κ3) is 39.4. The van der Waals surface area contributed by atoms with Crippen molar-refractivity contribution in [2.24, 2.45) is 0 Å². The molecule has 0 saturated heterocycles. The molecule has 0 fully saturated rings. The quantitative estimate of drug-likeness (QED) is 0.0389. The van der Waals surface area contributed by atoms with E-state index < -0.39 is 6.10 Å². The Kier molecular flexibility index (Phi) is 40.9. The molecule has 1 N–H and O–H groups in total. The molecule has 0 radical (unpaired) electrons. The van der Waals surface area contributed by atoms with Gasteiger partial charge in [-0.3, -0.25) is 9.59 Å². The van der Waals surface area contributed by atoms with Crippen LogP contribution < -0.4 is 0 Å². The minimum absolute atomic E-state index is 0.0596. The average Bonchev–Trinajstić information content (AvgIpc) is 3.12. The smallest absolute Gasteiger partial charge is 0.306 e. The Labute approximate surface area is 311 Å². The van der Waals surface area contributed by atoms with Crippen LogP contribution in [0.2, 0.25) is 0 Å². The Morgan fingerprint density at radius 1 is 0.440 bits per heavy atom. The first-order chi connectivity index (χ1) is 24.6. The van der Waals surface area contributed by atoms with E-state index in [1.807, 2.05) is 0 Å². The number of allylic oxidation sites excluding steroid dienone is 2. The maximum absolute atomic E-state index is 12.2. The fourth-order valence-electron chi connectivity index (χ4n) is 6.67. The fraction of sp³-hybridized carbons (Fsp3) is 0.911. The number of carbonyl (C=O) groups excluding carboxylic acids is 2. The van der Waals surface area contributed by atoms with E-state index >= 15 is 0 Å². The zero-order valence-corrected chi connectivity index (χ0v) is 33.7. The van der Waals surface area contributed by atoms with Gasteiger partial charge < -0.3 is 14.6 Å². The van der Waals surface area contributed by atoms with Gasteiger partial charge in [0.2, 0.25) is 0 Å². The van der Waals surface area contributed by atoms with Crippen molar-refractivity contribution >= 4 is 11.9 Å². The SMILES string of the molecule is CCCCCCCCCC/C=C\CCCCCCCCCCCCCC(=O)OC(CO)COC(=O)CCCCCCCCCCCCCCC. The van der Waals surface area contributed by atoms with E-state index in [1.165, 1.54) is 186 Å².